The fourth-order valence-corrected chi connectivity index (χ4v) is 4.83. The standard InChI is InChI=1S/C21H24FN7O/c22-18-4-3-15-10-16(18)17-11-24-29-8-5-19(25-21(17)29)23-6-9-28-12-14-2-1-7-27(14)13-20(28)26-30-15/h3-5,8,10-11,14,20,26H,1-2,6-7,9,12-13H2,(H,23,25)/t14?,20-/m0/s1. The Morgan fingerprint density at radius 2 is 2.07 bits per heavy atom. The minimum absolute atomic E-state index is 0.0692. The van der Waals surface area contributed by atoms with Gasteiger partial charge in [-0.25, -0.2) is 13.9 Å². The molecule has 1 unspecified atom stereocenters. The Bertz CT molecular complexity index is 1090. The topological polar surface area (TPSA) is 70.0 Å². The molecule has 5 heterocycles. The Kier molecular flexibility index (Phi) is 4.33. The smallest absolute Gasteiger partial charge is 0.165 e. The lowest BCUT2D eigenvalue weighted by Crippen LogP contribution is -2.62. The van der Waals surface area contributed by atoms with Crippen molar-refractivity contribution < 1.29 is 9.23 Å². The Hall–Kier alpha value is -2.75. The number of anilines is 1. The highest BCUT2D eigenvalue weighted by Crippen LogP contribution is 2.30. The van der Waals surface area contributed by atoms with Gasteiger partial charge in [-0.2, -0.15) is 5.10 Å². The number of hydrogen-bond acceptors (Lipinski definition) is 7. The normalized spacial score (nSPS) is 24.7. The van der Waals surface area contributed by atoms with Gasteiger partial charge < -0.3 is 10.2 Å². The summed E-state index contributed by atoms with van der Waals surface area (Å²) in [5, 5.41) is 7.74. The first-order valence-corrected chi connectivity index (χ1v) is 10.5. The van der Waals surface area contributed by atoms with Gasteiger partial charge in [-0.3, -0.25) is 9.80 Å². The number of halogens is 1. The molecular formula is C21H24FN7O. The van der Waals surface area contributed by atoms with E-state index in [-0.39, 0.29) is 12.0 Å². The van der Waals surface area contributed by atoms with Gasteiger partial charge in [0.2, 0.25) is 0 Å². The molecule has 2 atom stereocenters. The van der Waals surface area contributed by atoms with Crippen molar-refractivity contribution in [1.29, 1.82) is 0 Å². The minimum Gasteiger partial charge on any atom is -0.407 e. The molecule has 0 saturated carbocycles. The van der Waals surface area contributed by atoms with Gasteiger partial charge in [-0.1, -0.05) is 0 Å². The lowest BCUT2D eigenvalue weighted by molar-refractivity contribution is -0.0184. The average molecular weight is 409 g/mol. The van der Waals surface area contributed by atoms with Crippen LogP contribution in [-0.2, 0) is 0 Å². The van der Waals surface area contributed by atoms with Gasteiger partial charge in [0.25, 0.3) is 0 Å². The largest absolute Gasteiger partial charge is 0.407 e. The predicted octanol–water partition coefficient (Wildman–Crippen LogP) is 1.95. The molecule has 8 nitrogen and oxygen atoms in total. The molecule has 3 aliphatic rings. The van der Waals surface area contributed by atoms with E-state index in [0.717, 1.165) is 38.5 Å². The Morgan fingerprint density at radius 1 is 1.10 bits per heavy atom. The highest BCUT2D eigenvalue weighted by atomic mass is 19.1. The van der Waals surface area contributed by atoms with E-state index >= 15 is 0 Å². The Balaban J connectivity index is 1.39. The van der Waals surface area contributed by atoms with Crippen LogP contribution >= 0.6 is 0 Å². The monoisotopic (exact) mass is 409 g/mol. The molecule has 3 aromatic rings. The van der Waals surface area contributed by atoms with Gasteiger partial charge in [-0.05, 0) is 43.7 Å². The van der Waals surface area contributed by atoms with Gasteiger partial charge in [0.15, 0.2) is 5.65 Å². The van der Waals surface area contributed by atoms with Crippen molar-refractivity contribution in [2.45, 2.75) is 25.0 Å². The summed E-state index contributed by atoms with van der Waals surface area (Å²) < 4.78 is 16.3. The number of benzene rings is 1. The molecule has 2 fully saturated rings. The van der Waals surface area contributed by atoms with Gasteiger partial charge in [0.1, 0.15) is 23.6 Å². The van der Waals surface area contributed by atoms with Crippen molar-refractivity contribution in [2.24, 2.45) is 0 Å². The number of rotatable bonds is 0. The highest BCUT2D eigenvalue weighted by Gasteiger charge is 2.36. The molecule has 3 aliphatic heterocycles. The van der Waals surface area contributed by atoms with Crippen LogP contribution in [0.25, 0.3) is 16.8 Å². The summed E-state index contributed by atoms with van der Waals surface area (Å²) in [6.07, 6.45) is 6.06. The zero-order valence-electron chi connectivity index (χ0n) is 16.6. The van der Waals surface area contributed by atoms with Crippen molar-refractivity contribution in [3.05, 3.63) is 42.5 Å². The summed E-state index contributed by atoms with van der Waals surface area (Å²) in [5.74, 6) is 1.00. The Morgan fingerprint density at radius 3 is 3.03 bits per heavy atom. The number of nitrogens with one attached hydrogen (secondary N) is 2. The SMILES string of the molecule is Fc1ccc2cc1-c1cnn3ccc(nc13)NCCN1CC3CCCN3C[C@H]1NO2. The predicted molar refractivity (Wildman–Crippen MR) is 111 cm³/mol. The van der Waals surface area contributed by atoms with Crippen molar-refractivity contribution in [2.75, 3.05) is 38.0 Å². The summed E-state index contributed by atoms with van der Waals surface area (Å²) in [6.45, 7) is 4.70. The summed E-state index contributed by atoms with van der Waals surface area (Å²) in [5.41, 5.74) is 4.91. The van der Waals surface area contributed by atoms with Crippen LogP contribution in [0.2, 0.25) is 0 Å². The molecule has 1 aromatic carbocycles. The zero-order valence-corrected chi connectivity index (χ0v) is 16.6. The molecule has 0 aliphatic carbocycles. The maximum Gasteiger partial charge on any atom is 0.165 e. The number of fused-ring (bicyclic) bond motifs is 6. The summed E-state index contributed by atoms with van der Waals surface area (Å²) in [7, 11) is 0. The van der Waals surface area contributed by atoms with Crippen molar-refractivity contribution in [3.8, 4) is 16.9 Å². The van der Waals surface area contributed by atoms with Gasteiger partial charge in [0, 0.05) is 49.5 Å². The molecule has 0 spiro atoms. The van der Waals surface area contributed by atoms with E-state index in [2.05, 4.69) is 25.7 Å². The second-order valence-corrected chi connectivity index (χ2v) is 8.23. The van der Waals surface area contributed by atoms with Gasteiger partial charge in [0.05, 0.1) is 6.20 Å². The van der Waals surface area contributed by atoms with Crippen LogP contribution in [0.5, 0.6) is 5.75 Å². The lowest BCUT2D eigenvalue weighted by atomic mass is 10.1. The van der Waals surface area contributed by atoms with Crippen molar-refractivity contribution >= 4 is 11.5 Å². The molecule has 2 N–H and O–H groups in total. The van der Waals surface area contributed by atoms with Gasteiger partial charge in [-0.15, -0.1) is 5.48 Å². The number of aromatic nitrogens is 3. The molecule has 2 aromatic heterocycles. The molecule has 9 heteroatoms. The first-order valence-electron chi connectivity index (χ1n) is 10.5. The van der Waals surface area contributed by atoms with Crippen LogP contribution in [0.15, 0.2) is 36.7 Å². The number of piperazine rings is 1. The molecule has 4 bridgehead atoms. The third-order valence-electron chi connectivity index (χ3n) is 6.41. The third-order valence-corrected chi connectivity index (χ3v) is 6.41. The van der Waals surface area contributed by atoms with Crippen LogP contribution in [0.3, 0.4) is 0 Å². The zero-order chi connectivity index (χ0) is 20.1. The summed E-state index contributed by atoms with van der Waals surface area (Å²) >= 11 is 0. The van der Waals surface area contributed by atoms with Crippen LogP contribution in [0, 0.1) is 5.82 Å². The second-order valence-electron chi connectivity index (χ2n) is 8.23. The molecular weight excluding hydrogens is 385 g/mol. The van der Waals surface area contributed by atoms with Gasteiger partial charge >= 0.3 is 0 Å². The summed E-state index contributed by atoms with van der Waals surface area (Å²) in [4.78, 5) is 15.6. The van der Waals surface area contributed by atoms with Crippen molar-refractivity contribution in [1.82, 2.24) is 29.9 Å². The fourth-order valence-electron chi connectivity index (χ4n) is 4.83. The lowest BCUT2D eigenvalue weighted by Gasteiger charge is -2.43. The van der Waals surface area contributed by atoms with E-state index in [1.807, 2.05) is 12.3 Å². The number of hydroxylamine groups is 1. The quantitative estimate of drug-likeness (QED) is 0.588. The van der Waals surface area contributed by atoms with Crippen LogP contribution in [0.4, 0.5) is 10.2 Å². The second kappa shape index (κ2) is 7.19. The average Bonchev–Trinajstić information content (AvgIpc) is 3.38. The molecule has 2 saturated heterocycles. The maximum absolute atomic E-state index is 14.7. The van der Waals surface area contributed by atoms with E-state index in [1.54, 1.807) is 22.8 Å². The minimum atomic E-state index is -0.330. The first-order chi connectivity index (χ1) is 14.7. The van der Waals surface area contributed by atoms with Crippen LogP contribution in [0.1, 0.15) is 12.8 Å². The van der Waals surface area contributed by atoms with Crippen molar-refractivity contribution in [3.63, 3.8) is 0 Å². The first kappa shape index (κ1) is 18.1. The molecule has 0 radical (unpaired) electrons. The third kappa shape index (κ3) is 3.10. The molecule has 6 rings (SSSR count). The fraction of sp³-hybridized carbons (Fsp3) is 0.429. The number of nitrogens with zero attached hydrogens (tertiary/aromatic N) is 5. The molecule has 0 amide bonds. The van der Waals surface area contributed by atoms with E-state index in [1.165, 1.54) is 18.9 Å². The van der Waals surface area contributed by atoms with E-state index in [9.17, 15) is 4.39 Å². The summed E-state index contributed by atoms with van der Waals surface area (Å²) in [6, 6.07) is 7.30. The van der Waals surface area contributed by atoms with Crippen LogP contribution in [-0.4, -0.2) is 69.3 Å². The maximum atomic E-state index is 14.7. The van der Waals surface area contributed by atoms with E-state index in [4.69, 9.17) is 9.82 Å². The molecule has 156 valence electrons. The highest BCUT2D eigenvalue weighted by molar-refractivity contribution is 5.78. The molecule has 30 heavy (non-hydrogen) atoms. The van der Waals surface area contributed by atoms with E-state index < -0.39 is 0 Å². The number of hydrogen-bond donors (Lipinski definition) is 2. The van der Waals surface area contributed by atoms with Crippen LogP contribution < -0.4 is 15.6 Å². The van der Waals surface area contributed by atoms with E-state index in [0.29, 0.717) is 28.6 Å². The Labute approximate surface area is 173 Å².